The maximum atomic E-state index is 10.5. The largest absolute Gasteiger partial charge is 0.478 e. The molecule has 1 rings (SSSR count). The van der Waals surface area contributed by atoms with Crippen molar-refractivity contribution in [3.05, 3.63) is 41.0 Å². The Morgan fingerprint density at radius 3 is 2.14 bits per heavy atom. The van der Waals surface area contributed by atoms with Crippen LogP contribution in [-0.2, 0) is 4.79 Å². The predicted molar refractivity (Wildman–Crippen MR) is 53.1 cm³/mol. The van der Waals surface area contributed by atoms with Crippen LogP contribution in [0.25, 0.3) is 6.08 Å². The Labute approximate surface area is 81.7 Å². The van der Waals surface area contributed by atoms with E-state index in [0.29, 0.717) is 5.56 Å². The van der Waals surface area contributed by atoms with Crippen LogP contribution in [-0.4, -0.2) is 17.4 Å². The van der Waals surface area contributed by atoms with Crippen LogP contribution >= 0.6 is 0 Å². The van der Waals surface area contributed by atoms with E-state index in [4.69, 9.17) is 5.11 Å². The Morgan fingerprint density at radius 1 is 1.21 bits per heavy atom. The van der Waals surface area contributed by atoms with Crippen LogP contribution in [0.2, 0.25) is 0 Å². The topological polar surface area (TPSA) is 54.4 Å². The average Bonchev–Trinajstić information content (AvgIpc) is 2.19. The van der Waals surface area contributed by atoms with Gasteiger partial charge >= 0.3 is 5.97 Å². The molecule has 1 aromatic rings. The molecule has 1 aromatic carbocycles. The van der Waals surface area contributed by atoms with E-state index in [1.807, 2.05) is 0 Å². The highest BCUT2D eigenvalue weighted by Gasteiger charge is 1.99. The number of carbonyl (C=O) groups is 2. The molecule has 0 spiro atoms. The number of carboxylic acids is 1. The Hall–Kier alpha value is -1.90. The van der Waals surface area contributed by atoms with Gasteiger partial charge in [-0.05, 0) is 18.6 Å². The summed E-state index contributed by atoms with van der Waals surface area (Å²) in [7, 11) is 0. The van der Waals surface area contributed by atoms with Crippen LogP contribution in [0.3, 0.4) is 0 Å². The molecule has 0 unspecified atom stereocenters. The molecule has 0 atom stereocenters. The van der Waals surface area contributed by atoms with Gasteiger partial charge in [-0.3, -0.25) is 4.79 Å². The minimum Gasteiger partial charge on any atom is -0.478 e. The first-order chi connectivity index (χ1) is 6.63. The van der Waals surface area contributed by atoms with Gasteiger partial charge in [0.1, 0.15) is 6.29 Å². The molecule has 0 bridgehead atoms. The molecule has 0 amide bonds. The maximum absolute atomic E-state index is 10.5. The third-order valence-electron chi connectivity index (χ3n) is 1.79. The second-order valence-corrected chi connectivity index (χ2v) is 2.92. The molecule has 0 aromatic heterocycles. The van der Waals surface area contributed by atoms with E-state index in [1.54, 1.807) is 30.3 Å². The zero-order valence-electron chi connectivity index (χ0n) is 7.73. The summed E-state index contributed by atoms with van der Waals surface area (Å²) in [5.41, 5.74) is 1.62. The smallest absolute Gasteiger partial charge is 0.331 e. The van der Waals surface area contributed by atoms with Gasteiger partial charge in [0, 0.05) is 11.1 Å². The molecule has 0 radical (unpaired) electrons. The van der Waals surface area contributed by atoms with Gasteiger partial charge in [-0.2, -0.15) is 0 Å². The fourth-order valence-corrected chi connectivity index (χ4v) is 0.983. The summed E-state index contributed by atoms with van der Waals surface area (Å²) in [5, 5.41) is 8.62. The normalized spacial score (nSPS) is 11.1. The van der Waals surface area contributed by atoms with Crippen LogP contribution < -0.4 is 0 Å². The number of aldehydes is 1. The van der Waals surface area contributed by atoms with Crippen molar-refractivity contribution < 1.29 is 14.7 Å². The Morgan fingerprint density at radius 2 is 1.71 bits per heavy atom. The second kappa shape index (κ2) is 4.37. The van der Waals surface area contributed by atoms with Gasteiger partial charge in [0.15, 0.2) is 0 Å². The van der Waals surface area contributed by atoms with Crippen LogP contribution in [0.1, 0.15) is 22.8 Å². The third kappa shape index (κ3) is 2.55. The first kappa shape index (κ1) is 10.2. The highest BCUT2D eigenvalue weighted by atomic mass is 16.4. The molecule has 0 aliphatic rings. The first-order valence-corrected chi connectivity index (χ1v) is 4.10. The van der Waals surface area contributed by atoms with Gasteiger partial charge in [0.25, 0.3) is 0 Å². The van der Waals surface area contributed by atoms with Gasteiger partial charge in [0.2, 0.25) is 0 Å². The molecule has 0 aliphatic carbocycles. The van der Waals surface area contributed by atoms with Gasteiger partial charge in [-0.1, -0.05) is 24.3 Å². The molecule has 0 fully saturated rings. The van der Waals surface area contributed by atoms with Gasteiger partial charge in [-0.15, -0.1) is 0 Å². The quantitative estimate of drug-likeness (QED) is 0.585. The molecular formula is C11H10O3. The van der Waals surface area contributed by atoms with E-state index in [-0.39, 0.29) is 5.57 Å². The molecule has 0 saturated carbocycles. The molecule has 3 nitrogen and oxygen atoms in total. The average molecular weight is 190 g/mol. The summed E-state index contributed by atoms with van der Waals surface area (Å²) >= 11 is 0. The second-order valence-electron chi connectivity index (χ2n) is 2.92. The van der Waals surface area contributed by atoms with Crippen molar-refractivity contribution in [3.63, 3.8) is 0 Å². The van der Waals surface area contributed by atoms with E-state index in [9.17, 15) is 9.59 Å². The molecule has 1 N–H and O–H groups in total. The molecule has 3 heteroatoms. The van der Waals surface area contributed by atoms with Crippen molar-refractivity contribution in [1.82, 2.24) is 0 Å². The van der Waals surface area contributed by atoms with Crippen molar-refractivity contribution in [2.75, 3.05) is 0 Å². The van der Waals surface area contributed by atoms with Crippen LogP contribution in [0, 0.1) is 0 Å². The Balaban J connectivity index is 2.93. The standard InChI is InChI=1S/C11H10O3/c1-8(11(13)14)6-9-2-4-10(7-12)5-3-9/h2-7H,1H3,(H,13,14). The lowest BCUT2D eigenvalue weighted by Crippen LogP contribution is -1.95. The van der Waals surface area contributed by atoms with E-state index < -0.39 is 5.97 Å². The summed E-state index contributed by atoms with van der Waals surface area (Å²) in [6.45, 7) is 1.52. The number of carbonyl (C=O) groups excluding carboxylic acids is 1. The predicted octanol–water partition coefficient (Wildman–Crippen LogP) is 1.99. The lowest BCUT2D eigenvalue weighted by molar-refractivity contribution is -0.132. The summed E-state index contributed by atoms with van der Waals surface area (Å²) in [4.78, 5) is 20.8. The van der Waals surface area contributed by atoms with E-state index in [0.717, 1.165) is 11.8 Å². The minimum atomic E-state index is -0.940. The molecule has 0 aliphatic heterocycles. The highest BCUT2D eigenvalue weighted by molar-refractivity contribution is 5.91. The van der Waals surface area contributed by atoms with Crippen molar-refractivity contribution in [1.29, 1.82) is 0 Å². The fourth-order valence-electron chi connectivity index (χ4n) is 0.983. The molecule has 0 saturated heterocycles. The van der Waals surface area contributed by atoms with Gasteiger partial charge in [0.05, 0.1) is 0 Å². The lowest BCUT2D eigenvalue weighted by atomic mass is 10.1. The molecule has 0 heterocycles. The summed E-state index contributed by atoms with van der Waals surface area (Å²) in [5.74, 6) is -0.940. The summed E-state index contributed by atoms with van der Waals surface area (Å²) in [6.07, 6.45) is 2.30. The lowest BCUT2D eigenvalue weighted by Gasteiger charge is -1.95. The zero-order chi connectivity index (χ0) is 10.6. The van der Waals surface area contributed by atoms with E-state index >= 15 is 0 Å². The SMILES string of the molecule is CC(=Cc1ccc(C=O)cc1)C(=O)O. The van der Waals surface area contributed by atoms with Gasteiger partial charge < -0.3 is 5.11 Å². The zero-order valence-corrected chi connectivity index (χ0v) is 7.73. The Kier molecular flexibility index (Phi) is 3.18. The Bertz CT molecular complexity index is 374. The first-order valence-electron chi connectivity index (χ1n) is 4.10. The highest BCUT2D eigenvalue weighted by Crippen LogP contribution is 2.07. The number of benzene rings is 1. The number of carboxylic acid groups (broad SMARTS) is 1. The van der Waals surface area contributed by atoms with Crippen LogP contribution in [0.5, 0.6) is 0 Å². The fraction of sp³-hybridized carbons (Fsp3) is 0.0909. The molecular weight excluding hydrogens is 180 g/mol. The molecule has 14 heavy (non-hydrogen) atoms. The van der Waals surface area contributed by atoms with E-state index in [2.05, 4.69) is 0 Å². The van der Waals surface area contributed by atoms with Crippen molar-refractivity contribution in [2.45, 2.75) is 6.92 Å². The monoisotopic (exact) mass is 190 g/mol. The maximum Gasteiger partial charge on any atom is 0.331 e. The van der Waals surface area contributed by atoms with Crippen LogP contribution in [0.4, 0.5) is 0 Å². The third-order valence-corrected chi connectivity index (χ3v) is 1.79. The number of aliphatic carboxylic acids is 1. The molecule has 72 valence electrons. The van der Waals surface area contributed by atoms with Crippen LogP contribution in [0.15, 0.2) is 29.8 Å². The number of rotatable bonds is 3. The van der Waals surface area contributed by atoms with Crippen molar-refractivity contribution in [3.8, 4) is 0 Å². The van der Waals surface area contributed by atoms with Crippen molar-refractivity contribution in [2.24, 2.45) is 0 Å². The summed E-state index contributed by atoms with van der Waals surface area (Å²) < 4.78 is 0. The summed E-state index contributed by atoms with van der Waals surface area (Å²) in [6, 6.07) is 6.70. The number of hydrogen-bond acceptors (Lipinski definition) is 2. The van der Waals surface area contributed by atoms with E-state index in [1.165, 1.54) is 6.92 Å². The minimum absolute atomic E-state index is 0.267. The number of hydrogen-bond donors (Lipinski definition) is 1. The van der Waals surface area contributed by atoms with Crippen molar-refractivity contribution >= 4 is 18.3 Å². The van der Waals surface area contributed by atoms with Gasteiger partial charge in [-0.25, -0.2) is 4.79 Å².